The molecule has 1 saturated carbocycles. The van der Waals surface area contributed by atoms with Crippen molar-refractivity contribution >= 4 is 10.0 Å². The van der Waals surface area contributed by atoms with E-state index in [0.29, 0.717) is 12.6 Å². The van der Waals surface area contributed by atoms with E-state index in [0.717, 1.165) is 44.7 Å². The number of hydrogen-bond donors (Lipinski definition) is 1. The summed E-state index contributed by atoms with van der Waals surface area (Å²) in [5, 5.41) is -0.138. The summed E-state index contributed by atoms with van der Waals surface area (Å²) in [4.78, 5) is 2.41. The monoisotopic (exact) mass is 288 g/mol. The molecule has 19 heavy (non-hydrogen) atoms. The van der Waals surface area contributed by atoms with E-state index in [-0.39, 0.29) is 5.25 Å². The third kappa shape index (κ3) is 4.17. The highest BCUT2D eigenvalue weighted by molar-refractivity contribution is 7.90. The van der Waals surface area contributed by atoms with Crippen LogP contribution in [0.4, 0.5) is 0 Å². The molecule has 0 radical (unpaired) electrons. The Bertz CT molecular complexity index is 369. The molecule has 1 N–H and O–H groups in total. The van der Waals surface area contributed by atoms with Gasteiger partial charge in [0.25, 0.3) is 0 Å². The Labute approximate surface area is 118 Å². The van der Waals surface area contributed by atoms with Gasteiger partial charge in [0, 0.05) is 12.6 Å². The number of sulfonamides is 1. The van der Waals surface area contributed by atoms with Crippen LogP contribution in [0.2, 0.25) is 0 Å². The molecule has 1 heterocycles. The Balaban J connectivity index is 1.78. The standard InChI is InChI=1S/C14H28N2O2S/c1-12-7-9-16(10-8-12)13(2)11-15-19(17,18)14-5-3-4-6-14/h12-15H,3-11H2,1-2H3. The van der Waals surface area contributed by atoms with Crippen LogP contribution in [-0.4, -0.2) is 44.2 Å². The maximum atomic E-state index is 12.1. The maximum absolute atomic E-state index is 12.1. The zero-order valence-electron chi connectivity index (χ0n) is 12.3. The van der Waals surface area contributed by atoms with Gasteiger partial charge in [-0.1, -0.05) is 19.8 Å². The predicted octanol–water partition coefficient (Wildman–Crippen LogP) is 1.97. The number of rotatable bonds is 5. The minimum absolute atomic E-state index is 0.138. The predicted molar refractivity (Wildman–Crippen MR) is 78.6 cm³/mol. The fourth-order valence-electron chi connectivity index (χ4n) is 3.15. The lowest BCUT2D eigenvalue weighted by atomic mass is 9.98. The summed E-state index contributed by atoms with van der Waals surface area (Å²) in [6.45, 7) is 7.20. The zero-order chi connectivity index (χ0) is 13.9. The Hall–Kier alpha value is -0.130. The van der Waals surface area contributed by atoms with E-state index in [1.807, 2.05) is 0 Å². The summed E-state index contributed by atoms with van der Waals surface area (Å²) in [7, 11) is -3.08. The van der Waals surface area contributed by atoms with Gasteiger partial charge in [-0.3, -0.25) is 4.90 Å². The number of piperidine rings is 1. The Morgan fingerprint density at radius 2 is 1.74 bits per heavy atom. The van der Waals surface area contributed by atoms with Crippen molar-refractivity contribution in [2.75, 3.05) is 19.6 Å². The first-order valence-electron chi connectivity index (χ1n) is 7.71. The molecule has 0 aromatic rings. The highest BCUT2D eigenvalue weighted by Gasteiger charge is 2.29. The molecule has 1 aliphatic heterocycles. The van der Waals surface area contributed by atoms with Crippen LogP contribution in [-0.2, 0) is 10.0 Å². The molecular weight excluding hydrogens is 260 g/mol. The first-order chi connectivity index (χ1) is 8.99. The smallest absolute Gasteiger partial charge is 0.214 e. The molecule has 0 aromatic heterocycles. The Morgan fingerprint density at radius 3 is 2.32 bits per heavy atom. The summed E-state index contributed by atoms with van der Waals surface area (Å²) < 4.78 is 27.1. The fourth-order valence-corrected chi connectivity index (χ4v) is 4.81. The van der Waals surface area contributed by atoms with Crippen molar-refractivity contribution in [2.45, 2.75) is 63.7 Å². The quantitative estimate of drug-likeness (QED) is 0.841. The lowest BCUT2D eigenvalue weighted by Gasteiger charge is -2.35. The van der Waals surface area contributed by atoms with Crippen molar-refractivity contribution < 1.29 is 8.42 Å². The summed E-state index contributed by atoms with van der Waals surface area (Å²) in [6, 6.07) is 0.309. The summed E-state index contributed by atoms with van der Waals surface area (Å²) in [5.41, 5.74) is 0. The highest BCUT2D eigenvalue weighted by atomic mass is 32.2. The second kappa shape index (κ2) is 6.55. The second-order valence-corrected chi connectivity index (χ2v) is 8.41. The number of nitrogens with one attached hydrogen (secondary N) is 1. The molecule has 2 rings (SSSR count). The van der Waals surface area contributed by atoms with Crippen molar-refractivity contribution in [3.05, 3.63) is 0 Å². The first kappa shape index (κ1) is 15.3. The SMILES string of the molecule is CC1CCN(C(C)CNS(=O)(=O)C2CCCC2)CC1. The van der Waals surface area contributed by atoms with Crippen molar-refractivity contribution in [2.24, 2.45) is 5.92 Å². The van der Waals surface area contributed by atoms with Gasteiger partial charge < -0.3 is 0 Å². The van der Waals surface area contributed by atoms with Crippen LogP contribution in [0.25, 0.3) is 0 Å². The number of hydrogen-bond acceptors (Lipinski definition) is 3. The van der Waals surface area contributed by atoms with Crippen LogP contribution >= 0.6 is 0 Å². The van der Waals surface area contributed by atoms with E-state index < -0.39 is 10.0 Å². The molecule has 0 aromatic carbocycles. The third-order valence-corrected chi connectivity index (χ3v) is 6.68. The van der Waals surface area contributed by atoms with Crippen LogP contribution in [0, 0.1) is 5.92 Å². The van der Waals surface area contributed by atoms with E-state index >= 15 is 0 Å². The topological polar surface area (TPSA) is 49.4 Å². The number of nitrogens with zero attached hydrogens (tertiary/aromatic N) is 1. The molecule has 1 aliphatic carbocycles. The van der Waals surface area contributed by atoms with E-state index in [2.05, 4.69) is 23.5 Å². The zero-order valence-corrected chi connectivity index (χ0v) is 13.1. The molecule has 112 valence electrons. The summed E-state index contributed by atoms with van der Waals surface area (Å²) >= 11 is 0. The van der Waals surface area contributed by atoms with Crippen molar-refractivity contribution in [1.82, 2.24) is 9.62 Å². The molecule has 1 unspecified atom stereocenters. The minimum atomic E-state index is -3.08. The minimum Gasteiger partial charge on any atom is -0.299 e. The molecule has 1 saturated heterocycles. The number of likely N-dealkylation sites (tertiary alicyclic amines) is 1. The molecule has 4 nitrogen and oxygen atoms in total. The Kier molecular flexibility index (Phi) is 5.26. The van der Waals surface area contributed by atoms with Gasteiger partial charge in [0.05, 0.1) is 5.25 Å². The van der Waals surface area contributed by atoms with Gasteiger partial charge in [0.1, 0.15) is 0 Å². The normalized spacial score (nSPS) is 25.8. The fraction of sp³-hybridized carbons (Fsp3) is 1.00. The molecule has 0 bridgehead atoms. The van der Waals surface area contributed by atoms with Crippen LogP contribution in [0.3, 0.4) is 0 Å². The van der Waals surface area contributed by atoms with Gasteiger partial charge in [-0.25, -0.2) is 13.1 Å². The Morgan fingerprint density at radius 1 is 1.16 bits per heavy atom. The van der Waals surface area contributed by atoms with Crippen molar-refractivity contribution in [3.8, 4) is 0 Å². The highest BCUT2D eigenvalue weighted by Crippen LogP contribution is 2.24. The molecule has 1 atom stereocenters. The first-order valence-corrected chi connectivity index (χ1v) is 9.26. The molecule has 5 heteroatoms. The molecule has 2 fully saturated rings. The van der Waals surface area contributed by atoms with E-state index in [4.69, 9.17) is 0 Å². The van der Waals surface area contributed by atoms with Gasteiger partial charge in [-0.05, 0) is 51.6 Å². The van der Waals surface area contributed by atoms with Gasteiger partial charge in [-0.15, -0.1) is 0 Å². The van der Waals surface area contributed by atoms with E-state index in [9.17, 15) is 8.42 Å². The van der Waals surface area contributed by atoms with Crippen LogP contribution < -0.4 is 4.72 Å². The summed E-state index contributed by atoms with van der Waals surface area (Å²) in [6.07, 6.45) is 6.27. The molecular formula is C14H28N2O2S. The van der Waals surface area contributed by atoms with E-state index in [1.165, 1.54) is 12.8 Å². The van der Waals surface area contributed by atoms with E-state index in [1.54, 1.807) is 0 Å². The van der Waals surface area contributed by atoms with Crippen molar-refractivity contribution in [3.63, 3.8) is 0 Å². The van der Waals surface area contributed by atoms with Crippen LogP contribution in [0.5, 0.6) is 0 Å². The second-order valence-electron chi connectivity index (χ2n) is 6.37. The van der Waals surface area contributed by atoms with Gasteiger partial charge in [-0.2, -0.15) is 0 Å². The van der Waals surface area contributed by atoms with Gasteiger partial charge in [0.2, 0.25) is 10.0 Å². The maximum Gasteiger partial charge on any atom is 0.214 e. The molecule has 0 spiro atoms. The average molecular weight is 288 g/mol. The van der Waals surface area contributed by atoms with Gasteiger partial charge >= 0.3 is 0 Å². The van der Waals surface area contributed by atoms with Gasteiger partial charge in [0.15, 0.2) is 0 Å². The van der Waals surface area contributed by atoms with Crippen molar-refractivity contribution in [1.29, 1.82) is 0 Å². The van der Waals surface area contributed by atoms with Crippen LogP contribution in [0.15, 0.2) is 0 Å². The lowest BCUT2D eigenvalue weighted by Crippen LogP contribution is -2.46. The summed E-state index contributed by atoms with van der Waals surface area (Å²) in [5.74, 6) is 0.818. The molecule has 0 amide bonds. The van der Waals surface area contributed by atoms with Crippen LogP contribution in [0.1, 0.15) is 52.4 Å². The lowest BCUT2D eigenvalue weighted by molar-refractivity contribution is 0.148. The average Bonchev–Trinajstić information content (AvgIpc) is 2.91. The third-order valence-electron chi connectivity index (χ3n) is 4.76. The largest absolute Gasteiger partial charge is 0.299 e. The molecule has 2 aliphatic rings.